The van der Waals surface area contributed by atoms with Crippen LogP contribution >= 0.6 is 0 Å². The second-order valence-electron chi connectivity index (χ2n) is 4.83. The number of hydrogen-bond acceptors (Lipinski definition) is 4. The minimum absolute atomic E-state index is 0.0243. The number of fused-ring (bicyclic) bond motifs is 1. The Kier molecular flexibility index (Phi) is 4.77. The molecule has 1 atom stereocenters. The second-order valence-corrected chi connectivity index (χ2v) is 6.48. The van der Waals surface area contributed by atoms with Crippen LogP contribution in [0.15, 0.2) is 34.2 Å². The van der Waals surface area contributed by atoms with E-state index in [0.29, 0.717) is 22.9 Å². The molecule has 0 saturated carbocycles. The number of rotatable bonds is 6. The number of nitrogens with one attached hydrogen (secondary N) is 1. The van der Waals surface area contributed by atoms with E-state index in [4.69, 9.17) is 4.74 Å². The molecule has 1 aliphatic heterocycles. The molecule has 0 fully saturated rings. The summed E-state index contributed by atoms with van der Waals surface area (Å²) in [5.41, 5.74) is 0.644. The first-order valence-corrected chi connectivity index (χ1v) is 8.25. The topological polar surface area (TPSA) is 67.8 Å². The highest BCUT2D eigenvalue weighted by atomic mass is 32.2. The summed E-state index contributed by atoms with van der Waals surface area (Å²) in [5.74, 6) is 0.429. The predicted molar refractivity (Wildman–Crippen MR) is 78.5 cm³/mol. The van der Waals surface area contributed by atoms with Crippen molar-refractivity contribution in [1.82, 2.24) is 4.72 Å². The van der Waals surface area contributed by atoms with Crippen LogP contribution in [-0.4, -0.2) is 34.0 Å². The number of hydrogen-bond donors (Lipinski definition) is 1. The largest absolute Gasteiger partial charge is 0.382 e. The van der Waals surface area contributed by atoms with Crippen LogP contribution < -0.4 is 4.72 Å². The van der Waals surface area contributed by atoms with E-state index >= 15 is 0 Å². The summed E-state index contributed by atoms with van der Waals surface area (Å²) in [5, 5.41) is 0. The number of sulfonamides is 1. The molecule has 1 aromatic rings. The van der Waals surface area contributed by atoms with Gasteiger partial charge in [0, 0.05) is 12.7 Å². The van der Waals surface area contributed by atoms with Crippen LogP contribution in [-0.2, 0) is 14.8 Å². The van der Waals surface area contributed by atoms with Crippen molar-refractivity contribution in [1.29, 1.82) is 0 Å². The predicted octanol–water partition coefficient (Wildman–Crippen LogP) is 1.93. The first-order valence-electron chi connectivity index (χ1n) is 6.77. The van der Waals surface area contributed by atoms with Crippen molar-refractivity contribution in [3.63, 3.8) is 0 Å². The fourth-order valence-corrected chi connectivity index (χ4v) is 3.47. The molecule has 0 spiro atoms. The maximum Gasteiger partial charge on any atom is 0.263 e. The van der Waals surface area contributed by atoms with Crippen molar-refractivity contribution in [2.45, 2.75) is 37.1 Å². The molecule has 1 heterocycles. The lowest BCUT2D eigenvalue weighted by atomic mass is 10.1. The average molecular weight is 296 g/mol. The van der Waals surface area contributed by atoms with E-state index in [1.807, 2.05) is 6.07 Å². The van der Waals surface area contributed by atoms with Crippen molar-refractivity contribution < 1.29 is 13.2 Å². The Morgan fingerprint density at radius 2 is 2.10 bits per heavy atom. The highest BCUT2D eigenvalue weighted by molar-refractivity contribution is 7.90. The standard InChI is InChI=1S/C14H20N2O3S/c1-3-4-7-11(10-19-2)15-14-12-8-5-6-9-13(12)20(17,18)16-14/h5-6,8-9,11H,3-4,7,10H2,1-2H3,(H,15,16). The van der Waals surface area contributed by atoms with Gasteiger partial charge in [0.25, 0.3) is 10.0 Å². The Morgan fingerprint density at radius 1 is 1.35 bits per heavy atom. The number of methoxy groups -OCH3 is 1. The minimum atomic E-state index is -3.46. The number of unbranched alkanes of at least 4 members (excludes halogenated alkanes) is 1. The van der Waals surface area contributed by atoms with E-state index in [-0.39, 0.29) is 6.04 Å². The summed E-state index contributed by atoms with van der Waals surface area (Å²) in [6.45, 7) is 2.61. The number of amidine groups is 1. The normalized spacial score (nSPS) is 19.6. The molecule has 0 aliphatic carbocycles. The van der Waals surface area contributed by atoms with Crippen LogP contribution in [0.1, 0.15) is 31.7 Å². The van der Waals surface area contributed by atoms with Gasteiger partial charge in [0.15, 0.2) is 0 Å². The zero-order chi connectivity index (χ0) is 14.6. The molecule has 6 heteroatoms. The quantitative estimate of drug-likeness (QED) is 0.872. The highest BCUT2D eigenvalue weighted by Crippen LogP contribution is 2.23. The summed E-state index contributed by atoms with van der Waals surface area (Å²) < 4.78 is 31.7. The molecule has 1 unspecified atom stereocenters. The Bertz CT molecular complexity index is 596. The maximum atomic E-state index is 12.0. The van der Waals surface area contributed by atoms with Gasteiger partial charge < -0.3 is 4.74 Å². The van der Waals surface area contributed by atoms with Gasteiger partial charge in [-0.2, -0.15) is 0 Å². The molecule has 1 N–H and O–H groups in total. The van der Waals surface area contributed by atoms with Crippen LogP contribution in [0.5, 0.6) is 0 Å². The number of nitrogens with zero attached hydrogens (tertiary/aromatic N) is 1. The summed E-state index contributed by atoms with van der Waals surface area (Å²) in [6, 6.07) is 6.87. The summed E-state index contributed by atoms with van der Waals surface area (Å²) in [6.07, 6.45) is 3.00. The number of benzene rings is 1. The van der Waals surface area contributed by atoms with Crippen LogP contribution in [0.4, 0.5) is 0 Å². The van der Waals surface area contributed by atoms with Crippen molar-refractivity contribution in [2.75, 3.05) is 13.7 Å². The molecule has 110 valence electrons. The van der Waals surface area contributed by atoms with E-state index in [1.54, 1.807) is 25.3 Å². The summed E-state index contributed by atoms with van der Waals surface area (Å²) in [4.78, 5) is 4.84. The van der Waals surface area contributed by atoms with Gasteiger partial charge in [0.2, 0.25) is 0 Å². The van der Waals surface area contributed by atoms with E-state index < -0.39 is 10.0 Å². The van der Waals surface area contributed by atoms with Gasteiger partial charge in [-0.1, -0.05) is 31.9 Å². The molecular weight excluding hydrogens is 276 g/mol. The van der Waals surface area contributed by atoms with Gasteiger partial charge in [-0.3, -0.25) is 9.71 Å². The lowest BCUT2D eigenvalue weighted by molar-refractivity contribution is 0.176. The van der Waals surface area contributed by atoms with Crippen molar-refractivity contribution >= 4 is 15.9 Å². The SMILES string of the molecule is CCCCC(COC)N=C1NS(=O)(=O)c2ccccc21. The maximum absolute atomic E-state index is 12.0. The molecule has 2 rings (SSSR count). The lowest BCUT2D eigenvalue weighted by Gasteiger charge is -2.12. The van der Waals surface area contributed by atoms with Gasteiger partial charge in [-0.25, -0.2) is 8.42 Å². The van der Waals surface area contributed by atoms with Crippen LogP contribution in [0.2, 0.25) is 0 Å². The number of ether oxygens (including phenoxy) is 1. The molecule has 5 nitrogen and oxygen atoms in total. The Labute approximate surface area is 120 Å². The number of aliphatic imine (C=N–C) groups is 1. The van der Waals surface area contributed by atoms with Crippen molar-refractivity contribution in [2.24, 2.45) is 4.99 Å². The molecule has 0 aromatic heterocycles. The van der Waals surface area contributed by atoms with Crippen LogP contribution in [0.3, 0.4) is 0 Å². The van der Waals surface area contributed by atoms with Crippen LogP contribution in [0, 0.1) is 0 Å². The third kappa shape index (κ3) is 3.19. The second kappa shape index (κ2) is 6.37. The first kappa shape index (κ1) is 15.0. The monoisotopic (exact) mass is 296 g/mol. The Morgan fingerprint density at radius 3 is 2.80 bits per heavy atom. The van der Waals surface area contributed by atoms with Crippen LogP contribution in [0.25, 0.3) is 0 Å². The Hall–Kier alpha value is -1.40. The van der Waals surface area contributed by atoms with Crippen molar-refractivity contribution in [3.05, 3.63) is 29.8 Å². The van der Waals surface area contributed by atoms with E-state index in [9.17, 15) is 8.42 Å². The summed E-state index contributed by atoms with van der Waals surface area (Å²) in [7, 11) is -1.83. The smallest absolute Gasteiger partial charge is 0.263 e. The zero-order valence-electron chi connectivity index (χ0n) is 11.8. The third-order valence-corrected chi connectivity index (χ3v) is 4.62. The van der Waals surface area contributed by atoms with Gasteiger partial charge in [0.05, 0.1) is 17.5 Å². The van der Waals surface area contributed by atoms with Crippen molar-refractivity contribution in [3.8, 4) is 0 Å². The van der Waals surface area contributed by atoms with E-state index in [2.05, 4.69) is 16.6 Å². The van der Waals surface area contributed by atoms with Gasteiger partial charge in [-0.15, -0.1) is 0 Å². The molecule has 0 bridgehead atoms. The van der Waals surface area contributed by atoms with E-state index in [1.165, 1.54) is 0 Å². The van der Waals surface area contributed by atoms with E-state index in [0.717, 1.165) is 19.3 Å². The molecule has 1 aliphatic rings. The molecule has 0 amide bonds. The Balaban J connectivity index is 2.30. The van der Waals surface area contributed by atoms with Gasteiger partial charge in [-0.05, 0) is 18.6 Å². The van der Waals surface area contributed by atoms with Gasteiger partial charge in [0.1, 0.15) is 5.84 Å². The molecule has 0 saturated heterocycles. The molecule has 1 aromatic carbocycles. The fraction of sp³-hybridized carbons (Fsp3) is 0.500. The zero-order valence-corrected chi connectivity index (χ0v) is 12.6. The average Bonchev–Trinajstić information content (AvgIpc) is 2.68. The fourth-order valence-electron chi connectivity index (χ4n) is 2.23. The first-order chi connectivity index (χ1) is 9.58. The highest BCUT2D eigenvalue weighted by Gasteiger charge is 2.30. The lowest BCUT2D eigenvalue weighted by Crippen LogP contribution is -2.25. The molecule has 0 radical (unpaired) electrons. The molecular formula is C14H20N2O3S. The third-order valence-electron chi connectivity index (χ3n) is 3.22. The summed E-state index contributed by atoms with van der Waals surface area (Å²) >= 11 is 0. The minimum Gasteiger partial charge on any atom is -0.382 e. The molecule has 20 heavy (non-hydrogen) atoms. The van der Waals surface area contributed by atoms with Gasteiger partial charge >= 0.3 is 0 Å².